The number of aromatic nitrogens is 1. The van der Waals surface area contributed by atoms with Crippen molar-refractivity contribution in [3.63, 3.8) is 0 Å². The van der Waals surface area contributed by atoms with Gasteiger partial charge in [-0.25, -0.2) is 4.98 Å². The summed E-state index contributed by atoms with van der Waals surface area (Å²) in [6.07, 6.45) is 0. The van der Waals surface area contributed by atoms with Crippen molar-refractivity contribution in [3.05, 3.63) is 80.4 Å². The summed E-state index contributed by atoms with van der Waals surface area (Å²) in [4.78, 5) is 7.03. The van der Waals surface area contributed by atoms with Crippen LogP contribution in [0.3, 0.4) is 0 Å². The summed E-state index contributed by atoms with van der Waals surface area (Å²) in [6.45, 7) is 3.54. The van der Waals surface area contributed by atoms with Gasteiger partial charge in [0.05, 0.1) is 14.2 Å². The molecule has 2 aromatic carbocycles. The largest absolute Gasteiger partial charge is 0.497 e. The highest BCUT2D eigenvalue weighted by Crippen LogP contribution is 2.30. The number of hydrogen-bond acceptors (Lipinski definition) is 4. The molecule has 6 heteroatoms. The van der Waals surface area contributed by atoms with Crippen LogP contribution in [0.4, 0.5) is 5.82 Å². The molecule has 1 aromatic heterocycles. The van der Waals surface area contributed by atoms with Crippen LogP contribution in [0, 0.1) is 6.92 Å². The molecule has 3 rings (SSSR count). The van der Waals surface area contributed by atoms with Gasteiger partial charge in [-0.05, 0) is 64.3 Å². The second-order valence-electron chi connectivity index (χ2n) is 6.43. The van der Waals surface area contributed by atoms with Crippen LogP contribution < -0.4 is 14.4 Å². The van der Waals surface area contributed by atoms with Gasteiger partial charge in [-0.1, -0.05) is 40.2 Å². The van der Waals surface area contributed by atoms with E-state index in [1.165, 1.54) is 11.1 Å². The highest BCUT2D eigenvalue weighted by Gasteiger charge is 2.16. The lowest BCUT2D eigenvalue weighted by Crippen LogP contribution is -2.24. The van der Waals surface area contributed by atoms with Gasteiger partial charge >= 0.3 is 0 Å². The van der Waals surface area contributed by atoms with Crippen LogP contribution in [0.2, 0.25) is 0 Å². The van der Waals surface area contributed by atoms with Gasteiger partial charge in [-0.2, -0.15) is 0 Å². The number of benzene rings is 2. The first-order valence-corrected chi connectivity index (χ1v) is 10.4. The fourth-order valence-electron chi connectivity index (χ4n) is 2.95. The number of methoxy groups -OCH3 is 2. The Kier molecular flexibility index (Phi) is 6.97. The number of rotatable bonds is 7. The van der Waals surface area contributed by atoms with Crippen molar-refractivity contribution in [3.8, 4) is 11.5 Å². The summed E-state index contributed by atoms with van der Waals surface area (Å²) >= 11 is 7.17. The van der Waals surface area contributed by atoms with Crippen molar-refractivity contribution in [2.24, 2.45) is 0 Å². The van der Waals surface area contributed by atoms with E-state index in [-0.39, 0.29) is 0 Å². The average Bonchev–Trinajstić information content (AvgIpc) is 2.71. The SMILES string of the molecule is COc1ccc(CN(Cc2ccc(OC)cc2)c2nc(Br)cc(Br)c2C)cc1. The van der Waals surface area contributed by atoms with E-state index < -0.39 is 0 Å². The molecule has 0 unspecified atom stereocenters. The lowest BCUT2D eigenvalue weighted by atomic mass is 10.1. The van der Waals surface area contributed by atoms with Gasteiger partial charge in [0.25, 0.3) is 0 Å². The molecule has 0 saturated carbocycles. The number of ether oxygens (including phenoxy) is 2. The summed E-state index contributed by atoms with van der Waals surface area (Å²) in [6, 6.07) is 18.2. The zero-order chi connectivity index (χ0) is 20.1. The number of hydrogen-bond donors (Lipinski definition) is 0. The third-order valence-corrected chi connectivity index (χ3v) is 5.75. The molecule has 146 valence electrons. The van der Waals surface area contributed by atoms with E-state index in [1.54, 1.807) is 14.2 Å². The standard InChI is InChI=1S/C22H22Br2N2O2/c1-15-20(23)12-21(24)25-22(15)26(13-16-4-8-18(27-2)9-5-16)14-17-6-10-19(28-3)11-7-17/h4-12H,13-14H2,1-3H3. The molecule has 0 aliphatic carbocycles. The highest BCUT2D eigenvalue weighted by atomic mass is 79.9. The molecule has 0 bridgehead atoms. The molecule has 0 amide bonds. The second-order valence-corrected chi connectivity index (χ2v) is 8.09. The first-order valence-electron chi connectivity index (χ1n) is 8.83. The molecule has 4 nitrogen and oxygen atoms in total. The Morgan fingerprint density at radius 2 is 1.29 bits per heavy atom. The van der Waals surface area contributed by atoms with Crippen LogP contribution in [-0.4, -0.2) is 19.2 Å². The smallest absolute Gasteiger partial charge is 0.134 e. The van der Waals surface area contributed by atoms with Crippen molar-refractivity contribution >= 4 is 37.7 Å². The lowest BCUT2D eigenvalue weighted by Gasteiger charge is -2.26. The van der Waals surface area contributed by atoms with Crippen LogP contribution >= 0.6 is 31.9 Å². The quantitative estimate of drug-likeness (QED) is 0.361. The fraction of sp³-hybridized carbons (Fsp3) is 0.227. The Morgan fingerprint density at radius 1 is 0.821 bits per heavy atom. The van der Waals surface area contributed by atoms with E-state index in [9.17, 15) is 0 Å². The van der Waals surface area contributed by atoms with E-state index >= 15 is 0 Å². The Labute approximate surface area is 182 Å². The first-order chi connectivity index (χ1) is 13.5. The molecule has 0 aliphatic heterocycles. The minimum absolute atomic E-state index is 0.729. The number of nitrogens with zero attached hydrogens (tertiary/aromatic N) is 2. The molecular weight excluding hydrogens is 484 g/mol. The van der Waals surface area contributed by atoms with E-state index in [2.05, 4.69) is 67.9 Å². The minimum atomic E-state index is 0.729. The van der Waals surface area contributed by atoms with Gasteiger partial charge in [-0.15, -0.1) is 0 Å². The van der Waals surface area contributed by atoms with E-state index in [0.29, 0.717) is 0 Å². The summed E-state index contributed by atoms with van der Waals surface area (Å²) in [5.41, 5.74) is 3.48. The van der Waals surface area contributed by atoms with Crippen molar-refractivity contribution in [1.29, 1.82) is 0 Å². The molecule has 0 atom stereocenters. The Balaban J connectivity index is 1.94. The number of halogens is 2. The predicted octanol–water partition coefficient (Wildman–Crippen LogP) is 6.14. The van der Waals surface area contributed by atoms with Gasteiger partial charge < -0.3 is 14.4 Å². The van der Waals surface area contributed by atoms with Crippen LogP contribution in [0.5, 0.6) is 11.5 Å². The Hall–Kier alpha value is -2.05. The second kappa shape index (κ2) is 9.43. The van der Waals surface area contributed by atoms with E-state index in [1.807, 2.05) is 30.3 Å². The predicted molar refractivity (Wildman–Crippen MR) is 120 cm³/mol. The van der Waals surface area contributed by atoms with Crippen LogP contribution in [0.25, 0.3) is 0 Å². The average molecular weight is 506 g/mol. The molecule has 0 aliphatic rings. The van der Waals surface area contributed by atoms with Gasteiger partial charge in [0.2, 0.25) is 0 Å². The Morgan fingerprint density at radius 3 is 1.71 bits per heavy atom. The molecule has 3 aromatic rings. The number of anilines is 1. The molecule has 28 heavy (non-hydrogen) atoms. The molecule has 0 radical (unpaired) electrons. The zero-order valence-electron chi connectivity index (χ0n) is 16.1. The van der Waals surface area contributed by atoms with E-state index in [4.69, 9.17) is 14.5 Å². The summed E-state index contributed by atoms with van der Waals surface area (Å²) < 4.78 is 12.4. The molecule has 0 N–H and O–H groups in total. The lowest BCUT2D eigenvalue weighted by molar-refractivity contribution is 0.414. The Bertz CT molecular complexity index is 879. The normalized spacial score (nSPS) is 10.6. The molecule has 0 fully saturated rings. The first kappa shape index (κ1) is 20.7. The third kappa shape index (κ3) is 5.06. The van der Waals surface area contributed by atoms with Crippen LogP contribution in [0.1, 0.15) is 16.7 Å². The van der Waals surface area contributed by atoms with Crippen molar-refractivity contribution in [2.75, 3.05) is 19.1 Å². The van der Waals surface area contributed by atoms with Crippen molar-refractivity contribution in [1.82, 2.24) is 4.98 Å². The summed E-state index contributed by atoms with van der Waals surface area (Å²) in [5.74, 6) is 2.64. The summed E-state index contributed by atoms with van der Waals surface area (Å²) in [5, 5.41) is 0. The van der Waals surface area contributed by atoms with Crippen molar-refractivity contribution < 1.29 is 9.47 Å². The van der Waals surface area contributed by atoms with Gasteiger partial charge in [-0.3, -0.25) is 0 Å². The minimum Gasteiger partial charge on any atom is -0.497 e. The van der Waals surface area contributed by atoms with Crippen molar-refractivity contribution in [2.45, 2.75) is 20.0 Å². The molecule has 1 heterocycles. The van der Waals surface area contributed by atoms with Gasteiger partial charge in [0.1, 0.15) is 21.9 Å². The van der Waals surface area contributed by atoms with Crippen LogP contribution in [0.15, 0.2) is 63.7 Å². The van der Waals surface area contributed by atoms with Crippen LogP contribution in [-0.2, 0) is 13.1 Å². The molecular formula is C22H22Br2N2O2. The van der Waals surface area contributed by atoms with Gasteiger partial charge in [0, 0.05) is 23.1 Å². The topological polar surface area (TPSA) is 34.6 Å². The maximum atomic E-state index is 5.28. The zero-order valence-corrected chi connectivity index (χ0v) is 19.2. The maximum absolute atomic E-state index is 5.28. The molecule has 0 saturated heterocycles. The fourth-order valence-corrected chi connectivity index (χ4v) is 4.05. The monoisotopic (exact) mass is 504 g/mol. The third-order valence-electron chi connectivity index (χ3n) is 4.52. The highest BCUT2D eigenvalue weighted by molar-refractivity contribution is 9.11. The van der Waals surface area contributed by atoms with Gasteiger partial charge in [0.15, 0.2) is 0 Å². The maximum Gasteiger partial charge on any atom is 0.134 e. The summed E-state index contributed by atoms with van der Waals surface area (Å²) in [7, 11) is 3.36. The number of pyridine rings is 1. The van der Waals surface area contributed by atoms with E-state index in [0.717, 1.165) is 45.0 Å². The molecule has 0 spiro atoms.